The smallest absolute Gasteiger partial charge is 0.254 e. The normalized spacial score (nSPS) is 30.0. The number of amides is 2. The van der Waals surface area contributed by atoms with E-state index in [1.807, 2.05) is 42.2 Å². The molecule has 1 aromatic carbocycles. The minimum Gasteiger partial charge on any atom is -0.338 e. The average Bonchev–Trinajstić information content (AvgIpc) is 3.18. The Bertz CT molecular complexity index is 618. The van der Waals surface area contributed by atoms with Crippen LogP contribution in [0.5, 0.6) is 0 Å². The zero-order valence-corrected chi connectivity index (χ0v) is 14.6. The summed E-state index contributed by atoms with van der Waals surface area (Å²) in [6.07, 6.45) is 2.54. The first kappa shape index (κ1) is 17.0. The molecule has 3 atom stereocenters. The summed E-state index contributed by atoms with van der Waals surface area (Å²) in [6, 6.07) is 9.43. The summed E-state index contributed by atoms with van der Waals surface area (Å²) >= 11 is 0. The number of benzene rings is 1. The van der Waals surface area contributed by atoms with Crippen LogP contribution in [0.2, 0.25) is 0 Å². The van der Waals surface area contributed by atoms with Crippen LogP contribution in [0.4, 0.5) is 0 Å². The highest BCUT2D eigenvalue weighted by Crippen LogP contribution is 2.35. The average molecular weight is 329 g/mol. The number of likely N-dealkylation sites (tertiary alicyclic amines) is 2. The van der Waals surface area contributed by atoms with Gasteiger partial charge >= 0.3 is 0 Å². The molecule has 2 N–H and O–H groups in total. The number of hydrogen-bond acceptors (Lipinski definition) is 3. The predicted octanol–water partition coefficient (Wildman–Crippen LogP) is 1.88. The molecule has 2 heterocycles. The molecule has 0 aromatic heterocycles. The summed E-state index contributed by atoms with van der Waals surface area (Å²) in [5.41, 5.74) is 5.69. The van der Waals surface area contributed by atoms with Crippen molar-refractivity contribution in [3.8, 4) is 0 Å². The Labute approximate surface area is 143 Å². The molecule has 2 saturated heterocycles. The second-order valence-electron chi connectivity index (χ2n) is 7.34. The highest BCUT2D eigenvalue weighted by molar-refractivity contribution is 5.99. The number of carbonyl (C=O) groups is 2. The molecule has 0 bridgehead atoms. The summed E-state index contributed by atoms with van der Waals surface area (Å²) < 4.78 is 0. The Kier molecular flexibility index (Phi) is 4.63. The van der Waals surface area contributed by atoms with E-state index in [0.29, 0.717) is 31.1 Å². The molecule has 0 spiro atoms. The number of carbonyl (C=O) groups excluding carboxylic acids is 2. The number of hydrogen-bond donors (Lipinski definition) is 1. The molecule has 3 rings (SSSR count). The van der Waals surface area contributed by atoms with Gasteiger partial charge in [-0.1, -0.05) is 18.2 Å². The lowest BCUT2D eigenvalue weighted by molar-refractivity contribution is -0.141. The van der Waals surface area contributed by atoms with Gasteiger partial charge in [0.05, 0.1) is 0 Å². The third-order valence-electron chi connectivity index (χ3n) is 5.62. The van der Waals surface area contributed by atoms with E-state index in [1.54, 1.807) is 4.90 Å². The van der Waals surface area contributed by atoms with E-state index in [2.05, 4.69) is 6.92 Å². The highest BCUT2D eigenvalue weighted by Gasteiger charge is 2.49. The molecule has 0 saturated carbocycles. The Hall–Kier alpha value is -1.88. The predicted molar refractivity (Wildman–Crippen MR) is 93.5 cm³/mol. The highest BCUT2D eigenvalue weighted by atomic mass is 16.2. The van der Waals surface area contributed by atoms with E-state index in [9.17, 15) is 9.59 Å². The van der Waals surface area contributed by atoms with Gasteiger partial charge in [-0.25, -0.2) is 0 Å². The van der Waals surface area contributed by atoms with Gasteiger partial charge < -0.3 is 15.5 Å². The summed E-state index contributed by atoms with van der Waals surface area (Å²) in [5, 5.41) is 0. The van der Waals surface area contributed by atoms with Crippen LogP contribution in [0.1, 0.15) is 43.5 Å². The van der Waals surface area contributed by atoms with Crippen molar-refractivity contribution in [1.29, 1.82) is 0 Å². The Balaban J connectivity index is 1.82. The lowest BCUT2D eigenvalue weighted by Gasteiger charge is -2.38. The fourth-order valence-electron chi connectivity index (χ4n) is 4.15. The zero-order chi connectivity index (χ0) is 17.3. The monoisotopic (exact) mass is 329 g/mol. The molecule has 5 nitrogen and oxygen atoms in total. The van der Waals surface area contributed by atoms with E-state index < -0.39 is 5.54 Å². The van der Waals surface area contributed by atoms with Crippen molar-refractivity contribution < 1.29 is 9.59 Å². The molecule has 2 aliphatic heterocycles. The number of nitrogens with zero attached hydrogens (tertiary/aromatic N) is 2. The van der Waals surface area contributed by atoms with Crippen molar-refractivity contribution in [3.05, 3.63) is 35.9 Å². The maximum Gasteiger partial charge on any atom is 0.254 e. The third kappa shape index (κ3) is 2.81. The van der Waals surface area contributed by atoms with Crippen LogP contribution in [-0.2, 0) is 4.79 Å². The first-order valence-electron chi connectivity index (χ1n) is 8.85. The number of nitrogens with two attached hydrogens (primary N) is 1. The van der Waals surface area contributed by atoms with Gasteiger partial charge in [0.25, 0.3) is 5.91 Å². The minimum absolute atomic E-state index is 0.0498. The van der Waals surface area contributed by atoms with Crippen molar-refractivity contribution in [2.75, 3.05) is 19.6 Å². The molecule has 0 aliphatic carbocycles. The fourth-order valence-corrected chi connectivity index (χ4v) is 4.15. The van der Waals surface area contributed by atoms with Gasteiger partial charge in [0, 0.05) is 24.7 Å². The molecule has 2 aliphatic rings. The van der Waals surface area contributed by atoms with Crippen LogP contribution < -0.4 is 5.73 Å². The molecular formula is C19H27N3O2. The Morgan fingerprint density at radius 3 is 2.62 bits per heavy atom. The minimum atomic E-state index is -0.745. The standard InChI is InChI=1S/C19H27N3O2/c1-14-11-15(12-20)13-21(14)18(24)19(2)9-6-10-22(19)17(23)16-7-4-3-5-8-16/h3-5,7-8,14-15H,6,9-13,20H2,1-2H3. The fraction of sp³-hybridized carbons (Fsp3) is 0.579. The summed E-state index contributed by atoms with van der Waals surface area (Å²) in [5.74, 6) is 0.395. The third-order valence-corrected chi connectivity index (χ3v) is 5.62. The van der Waals surface area contributed by atoms with Crippen LogP contribution in [0.25, 0.3) is 0 Å². The van der Waals surface area contributed by atoms with Crippen LogP contribution in [0, 0.1) is 5.92 Å². The lowest BCUT2D eigenvalue weighted by atomic mass is 9.95. The van der Waals surface area contributed by atoms with Crippen molar-refractivity contribution in [1.82, 2.24) is 9.80 Å². The molecular weight excluding hydrogens is 302 g/mol. The van der Waals surface area contributed by atoms with Crippen LogP contribution in [0.15, 0.2) is 30.3 Å². The maximum atomic E-state index is 13.3. The Morgan fingerprint density at radius 2 is 2.00 bits per heavy atom. The Morgan fingerprint density at radius 1 is 1.29 bits per heavy atom. The van der Waals surface area contributed by atoms with Crippen LogP contribution in [-0.4, -0.2) is 52.8 Å². The summed E-state index contributed by atoms with van der Waals surface area (Å²) in [6.45, 7) is 5.95. The van der Waals surface area contributed by atoms with Crippen molar-refractivity contribution in [2.45, 2.75) is 44.7 Å². The summed E-state index contributed by atoms with van der Waals surface area (Å²) in [7, 11) is 0. The van der Waals surface area contributed by atoms with E-state index in [-0.39, 0.29) is 17.9 Å². The molecule has 0 radical (unpaired) electrons. The zero-order valence-electron chi connectivity index (χ0n) is 14.6. The van der Waals surface area contributed by atoms with Crippen molar-refractivity contribution in [2.24, 2.45) is 11.7 Å². The van der Waals surface area contributed by atoms with E-state index >= 15 is 0 Å². The van der Waals surface area contributed by atoms with Gasteiger partial charge in [0.2, 0.25) is 5.91 Å². The molecule has 24 heavy (non-hydrogen) atoms. The maximum absolute atomic E-state index is 13.3. The molecule has 130 valence electrons. The molecule has 5 heteroatoms. The van der Waals surface area contributed by atoms with Gasteiger partial charge in [0.1, 0.15) is 5.54 Å². The first-order chi connectivity index (χ1) is 11.5. The second kappa shape index (κ2) is 6.55. The quantitative estimate of drug-likeness (QED) is 0.921. The van der Waals surface area contributed by atoms with E-state index in [4.69, 9.17) is 5.73 Å². The van der Waals surface area contributed by atoms with Crippen molar-refractivity contribution >= 4 is 11.8 Å². The van der Waals surface area contributed by atoms with Gasteiger partial charge in [-0.15, -0.1) is 0 Å². The lowest BCUT2D eigenvalue weighted by Crippen LogP contribution is -2.57. The first-order valence-corrected chi connectivity index (χ1v) is 8.85. The van der Waals surface area contributed by atoms with Gasteiger partial charge in [-0.3, -0.25) is 9.59 Å². The topological polar surface area (TPSA) is 66.6 Å². The van der Waals surface area contributed by atoms with E-state index in [1.165, 1.54) is 0 Å². The second-order valence-corrected chi connectivity index (χ2v) is 7.34. The number of rotatable bonds is 3. The summed E-state index contributed by atoms with van der Waals surface area (Å²) in [4.78, 5) is 29.9. The molecule has 3 unspecified atom stereocenters. The largest absolute Gasteiger partial charge is 0.338 e. The molecule has 2 fully saturated rings. The van der Waals surface area contributed by atoms with Gasteiger partial charge in [-0.2, -0.15) is 0 Å². The van der Waals surface area contributed by atoms with Gasteiger partial charge in [-0.05, 0) is 57.7 Å². The molecule has 2 amide bonds. The van der Waals surface area contributed by atoms with E-state index in [0.717, 1.165) is 19.3 Å². The molecule has 1 aromatic rings. The van der Waals surface area contributed by atoms with Crippen LogP contribution in [0.3, 0.4) is 0 Å². The van der Waals surface area contributed by atoms with Gasteiger partial charge in [0.15, 0.2) is 0 Å². The van der Waals surface area contributed by atoms with Crippen molar-refractivity contribution in [3.63, 3.8) is 0 Å². The SMILES string of the molecule is CC1CC(CN)CN1C(=O)C1(C)CCCN1C(=O)c1ccccc1. The van der Waals surface area contributed by atoms with Crippen LogP contribution >= 0.6 is 0 Å².